The summed E-state index contributed by atoms with van der Waals surface area (Å²) in [6.07, 6.45) is 2.50. The number of pyridine rings is 1. The lowest BCUT2D eigenvalue weighted by Gasteiger charge is -2.09. The van der Waals surface area contributed by atoms with E-state index in [1.54, 1.807) is 37.6 Å². The van der Waals surface area contributed by atoms with Crippen LogP contribution in [-0.4, -0.2) is 24.5 Å². The molecule has 0 aliphatic heterocycles. The van der Waals surface area contributed by atoms with Crippen LogP contribution in [0, 0.1) is 0 Å². The molecular weight excluding hydrogens is 302 g/mol. The number of amides is 1. The molecule has 0 atom stereocenters. The van der Waals surface area contributed by atoms with Gasteiger partial charge in [-0.2, -0.15) is 0 Å². The number of methoxy groups -OCH3 is 1. The van der Waals surface area contributed by atoms with E-state index in [1.807, 2.05) is 13.0 Å². The lowest BCUT2D eigenvalue weighted by molar-refractivity contribution is 0.0949. The molecule has 1 aromatic carbocycles. The molecule has 0 fully saturated rings. The van der Waals surface area contributed by atoms with Crippen molar-refractivity contribution in [2.75, 3.05) is 19.0 Å². The molecule has 2 N–H and O–H groups in total. The Labute approximate surface area is 134 Å². The fourth-order valence-corrected chi connectivity index (χ4v) is 2.10. The molecule has 1 heterocycles. The van der Waals surface area contributed by atoms with Crippen molar-refractivity contribution in [3.63, 3.8) is 0 Å². The van der Waals surface area contributed by atoms with E-state index >= 15 is 0 Å². The van der Waals surface area contributed by atoms with Gasteiger partial charge in [-0.1, -0.05) is 18.5 Å². The van der Waals surface area contributed by atoms with Crippen molar-refractivity contribution < 1.29 is 9.53 Å². The average molecular weight is 320 g/mol. The van der Waals surface area contributed by atoms with Gasteiger partial charge < -0.3 is 15.4 Å². The van der Waals surface area contributed by atoms with Gasteiger partial charge in [-0.3, -0.25) is 4.79 Å². The van der Waals surface area contributed by atoms with E-state index < -0.39 is 0 Å². The highest BCUT2D eigenvalue weighted by molar-refractivity contribution is 6.32. The van der Waals surface area contributed by atoms with Crippen LogP contribution in [-0.2, 0) is 0 Å². The van der Waals surface area contributed by atoms with Crippen LogP contribution in [0.15, 0.2) is 36.5 Å². The highest BCUT2D eigenvalue weighted by Crippen LogP contribution is 2.28. The third-order valence-electron chi connectivity index (χ3n) is 2.97. The lowest BCUT2D eigenvalue weighted by Crippen LogP contribution is -2.24. The van der Waals surface area contributed by atoms with E-state index in [2.05, 4.69) is 15.6 Å². The van der Waals surface area contributed by atoms with Crippen molar-refractivity contribution in [3.8, 4) is 5.75 Å². The summed E-state index contributed by atoms with van der Waals surface area (Å²) in [6, 6.07) is 8.88. The summed E-state index contributed by atoms with van der Waals surface area (Å²) in [7, 11) is 1.57. The van der Waals surface area contributed by atoms with Crippen LogP contribution in [0.1, 0.15) is 23.8 Å². The summed E-state index contributed by atoms with van der Waals surface area (Å²) in [4.78, 5) is 15.9. The number of halogens is 1. The zero-order chi connectivity index (χ0) is 15.9. The van der Waals surface area contributed by atoms with E-state index in [0.717, 1.165) is 17.8 Å². The van der Waals surface area contributed by atoms with Gasteiger partial charge in [-0.15, -0.1) is 0 Å². The highest BCUT2D eigenvalue weighted by atomic mass is 35.5. The molecule has 0 aliphatic carbocycles. The van der Waals surface area contributed by atoms with Crippen LogP contribution in [0.25, 0.3) is 0 Å². The number of hydrogen-bond donors (Lipinski definition) is 2. The molecule has 0 spiro atoms. The van der Waals surface area contributed by atoms with E-state index in [9.17, 15) is 4.79 Å². The van der Waals surface area contributed by atoms with Gasteiger partial charge in [0.15, 0.2) is 0 Å². The SMILES string of the molecule is CCCNC(=O)c1ccc(Nc2ccc(OC)c(Cl)c2)cn1. The predicted octanol–water partition coefficient (Wildman–Crippen LogP) is 3.63. The first-order chi connectivity index (χ1) is 10.6. The second kappa shape index (κ2) is 7.66. The van der Waals surface area contributed by atoms with Crippen LogP contribution in [0.5, 0.6) is 5.75 Å². The zero-order valence-electron chi connectivity index (χ0n) is 12.5. The second-order valence-corrected chi connectivity index (χ2v) is 5.07. The molecule has 116 valence electrons. The first-order valence-corrected chi connectivity index (χ1v) is 7.36. The number of nitrogens with one attached hydrogen (secondary N) is 2. The third kappa shape index (κ3) is 4.11. The molecule has 2 aromatic rings. The van der Waals surface area contributed by atoms with Gasteiger partial charge in [-0.25, -0.2) is 4.98 Å². The standard InChI is InChI=1S/C16H18ClN3O2/c1-3-8-18-16(21)14-6-4-12(10-19-14)20-11-5-7-15(22-2)13(17)9-11/h4-7,9-10,20H,3,8H2,1-2H3,(H,18,21). The Hall–Kier alpha value is -2.27. The maximum Gasteiger partial charge on any atom is 0.269 e. The molecular formula is C16H18ClN3O2. The van der Waals surface area contributed by atoms with Crippen molar-refractivity contribution in [2.24, 2.45) is 0 Å². The Morgan fingerprint density at radius 2 is 2.05 bits per heavy atom. The van der Waals surface area contributed by atoms with Gasteiger partial charge in [0.2, 0.25) is 0 Å². The first-order valence-electron chi connectivity index (χ1n) is 6.99. The van der Waals surface area contributed by atoms with E-state index in [-0.39, 0.29) is 5.91 Å². The van der Waals surface area contributed by atoms with Crippen LogP contribution < -0.4 is 15.4 Å². The van der Waals surface area contributed by atoms with Gasteiger partial charge in [0.1, 0.15) is 11.4 Å². The van der Waals surface area contributed by atoms with Crippen molar-refractivity contribution in [3.05, 3.63) is 47.2 Å². The Morgan fingerprint density at radius 3 is 2.64 bits per heavy atom. The molecule has 0 saturated heterocycles. The number of aromatic nitrogens is 1. The van der Waals surface area contributed by atoms with Crippen LogP contribution in [0.3, 0.4) is 0 Å². The molecule has 1 amide bonds. The quantitative estimate of drug-likeness (QED) is 0.853. The molecule has 6 heteroatoms. The fraction of sp³-hybridized carbons (Fsp3) is 0.250. The number of nitrogens with zero attached hydrogens (tertiary/aromatic N) is 1. The summed E-state index contributed by atoms with van der Waals surface area (Å²) in [5.41, 5.74) is 1.98. The Kier molecular flexibility index (Phi) is 5.61. The lowest BCUT2D eigenvalue weighted by atomic mass is 10.2. The fourth-order valence-electron chi connectivity index (χ4n) is 1.84. The molecule has 0 aliphatic rings. The number of ether oxygens (including phenoxy) is 1. The van der Waals surface area contributed by atoms with Crippen molar-refractivity contribution in [1.29, 1.82) is 0 Å². The largest absolute Gasteiger partial charge is 0.495 e. The topological polar surface area (TPSA) is 63.2 Å². The van der Waals surface area contributed by atoms with Crippen molar-refractivity contribution >= 4 is 28.9 Å². The maximum atomic E-state index is 11.8. The van der Waals surface area contributed by atoms with Crippen LogP contribution in [0.4, 0.5) is 11.4 Å². The number of anilines is 2. The van der Waals surface area contributed by atoms with Crippen molar-refractivity contribution in [2.45, 2.75) is 13.3 Å². The maximum absolute atomic E-state index is 11.8. The second-order valence-electron chi connectivity index (χ2n) is 4.66. The Bertz CT molecular complexity index is 644. The normalized spacial score (nSPS) is 10.1. The number of carbonyl (C=O) groups excluding carboxylic acids is 1. The molecule has 0 radical (unpaired) electrons. The summed E-state index contributed by atoms with van der Waals surface area (Å²) in [5, 5.41) is 6.48. The van der Waals surface area contributed by atoms with Gasteiger partial charge in [0.25, 0.3) is 5.91 Å². The minimum atomic E-state index is -0.166. The average Bonchev–Trinajstić information content (AvgIpc) is 2.53. The Balaban J connectivity index is 2.05. The minimum absolute atomic E-state index is 0.166. The summed E-state index contributed by atoms with van der Waals surface area (Å²) < 4.78 is 5.11. The Morgan fingerprint density at radius 1 is 1.27 bits per heavy atom. The number of hydrogen-bond acceptors (Lipinski definition) is 4. The molecule has 5 nitrogen and oxygen atoms in total. The summed E-state index contributed by atoms with van der Waals surface area (Å²) >= 11 is 6.08. The van der Waals surface area contributed by atoms with Gasteiger partial charge in [0.05, 0.1) is 24.0 Å². The van der Waals surface area contributed by atoms with Gasteiger partial charge in [0, 0.05) is 12.2 Å². The molecule has 0 saturated carbocycles. The van der Waals surface area contributed by atoms with Gasteiger partial charge in [-0.05, 0) is 36.8 Å². The molecule has 22 heavy (non-hydrogen) atoms. The number of benzene rings is 1. The molecule has 2 rings (SSSR count). The minimum Gasteiger partial charge on any atom is -0.495 e. The van der Waals surface area contributed by atoms with Crippen LogP contribution >= 0.6 is 11.6 Å². The molecule has 1 aromatic heterocycles. The number of carbonyl (C=O) groups is 1. The molecule has 0 bridgehead atoms. The van der Waals surface area contributed by atoms with E-state index in [0.29, 0.717) is 23.0 Å². The number of rotatable bonds is 6. The third-order valence-corrected chi connectivity index (χ3v) is 3.27. The van der Waals surface area contributed by atoms with E-state index in [4.69, 9.17) is 16.3 Å². The summed E-state index contributed by atoms with van der Waals surface area (Å²) in [6.45, 7) is 2.64. The first kappa shape index (κ1) is 16.1. The van der Waals surface area contributed by atoms with E-state index in [1.165, 1.54) is 0 Å². The monoisotopic (exact) mass is 319 g/mol. The van der Waals surface area contributed by atoms with Crippen molar-refractivity contribution in [1.82, 2.24) is 10.3 Å². The smallest absolute Gasteiger partial charge is 0.269 e. The van der Waals surface area contributed by atoms with Gasteiger partial charge >= 0.3 is 0 Å². The molecule has 0 unspecified atom stereocenters. The predicted molar refractivity (Wildman–Crippen MR) is 88.1 cm³/mol. The summed E-state index contributed by atoms with van der Waals surface area (Å²) in [5.74, 6) is 0.453. The highest BCUT2D eigenvalue weighted by Gasteiger charge is 2.06. The van der Waals surface area contributed by atoms with Crippen LogP contribution in [0.2, 0.25) is 5.02 Å². The zero-order valence-corrected chi connectivity index (χ0v) is 13.3.